The summed E-state index contributed by atoms with van der Waals surface area (Å²) >= 11 is 1.58. The molecule has 1 fully saturated rings. The van der Waals surface area contributed by atoms with Crippen LogP contribution in [0.1, 0.15) is 12.1 Å². The van der Waals surface area contributed by atoms with E-state index in [0.717, 1.165) is 25.2 Å². The number of aromatic nitrogens is 1. The number of carbonyl (C=O) groups is 1. The molecule has 1 aliphatic heterocycles. The van der Waals surface area contributed by atoms with Crippen LogP contribution < -0.4 is 0 Å². The van der Waals surface area contributed by atoms with Gasteiger partial charge in [-0.1, -0.05) is 0 Å². The van der Waals surface area contributed by atoms with Crippen molar-refractivity contribution in [3.8, 4) is 0 Å². The lowest BCUT2D eigenvalue weighted by Crippen LogP contribution is -2.52. The van der Waals surface area contributed by atoms with Gasteiger partial charge in [-0.25, -0.2) is 4.98 Å². The molecule has 2 rings (SSSR count). The Labute approximate surface area is 86.5 Å². The Hall–Kier alpha value is -0.940. The molecule has 2 heterocycles. The summed E-state index contributed by atoms with van der Waals surface area (Å²) in [6, 6.07) is -0.0540. The molecule has 1 aromatic heterocycles. The van der Waals surface area contributed by atoms with Crippen molar-refractivity contribution in [1.82, 2.24) is 9.88 Å². The lowest BCUT2D eigenvalue weighted by Gasteiger charge is -2.38. The first kappa shape index (κ1) is 9.61. The lowest BCUT2D eigenvalue weighted by molar-refractivity contribution is -0.152. The second-order valence-corrected chi connectivity index (χ2v) is 4.00. The summed E-state index contributed by atoms with van der Waals surface area (Å²) in [5, 5.41) is 2.01. The van der Waals surface area contributed by atoms with Gasteiger partial charge in [0.2, 0.25) is 0 Å². The molecule has 1 atom stereocenters. The van der Waals surface area contributed by atoms with Gasteiger partial charge in [0.15, 0.2) is 0 Å². The van der Waals surface area contributed by atoms with E-state index in [9.17, 15) is 4.79 Å². The standard InChI is InChI=1S/C9H12N2O2S/c1-13-9(12)8-2-3-11(8)4-7-5-14-6-10-7/h5-6,8H,2-4H2,1H3. The van der Waals surface area contributed by atoms with Gasteiger partial charge in [-0.3, -0.25) is 9.69 Å². The maximum atomic E-state index is 11.3. The minimum absolute atomic E-state index is 0.0540. The largest absolute Gasteiger partial charge is 0.468 e. The highest BCUT2D eigenvalue weighted by Crippen LogP contribution is 2.21. The van der Waals surface area contributed by atoms with Gasteiger partial charge in [0.1, 0.15) is 6.04 Å². The zero-order chi connectivity index (χ0) is 9.97. The smallest absolute Gasteiger partial charge is 0.323 e. The van der Waals surface area contributed by atoms with E-state index in [0.29, 0.717) is 0 Å². The minimum Gasteiger partial charge on any atom is -0.468 e. The highest BCUT2D eigenvalue weighted by molar-refractivity contribution is 7.07. The summed E-state index contributed by atoms with van der Waals surface area (Å²) in [7, 11) is 1.43. The van der Waals surface area contributed by atoms with Gasteiger partial charge in [0.05, 0.1) is 18.3 Å². The fourth-order valence-electron chi connectivity index (χ4n) is 1.56. The van der Waals surface area contributed by atoms with E-state index < -0.39 is 0 Å². The zero-order valence-corrected chi connectivity index (χ0v) is 8.79. The number of esters is 1. The third-order valence-corrected chi connectivity index (χ3v) is 3.09. The SMILES string of the molecule is COC(=O)C1CCN1Cc1cscn1. The molecule has 0 spiro atoms. The molecule has 1 saturated heterocycles. The van der Waals surface area contributed by atoms with Crippen molar-refractivity contribution in [2.45, 2.75) is 19.0 Å². The van der Waals surface area contributed by atoms with Crippen LogP contribution in [0.25, 0.3) is 0 Å². The first-order chi connectivity index (χ1) is 6.81. The van der Waals surface area contributed by atoms with Crippen LogP contribution in [0.4, 0.5) is 0 Å². The Morgan fingerprint density at radius 1 is 1.86 bits per heavy atom. The van der Waals surface area contributed by atoms with Crippen LogP contribution in [-0.4, -0.2) is 35.5 Å². The molecule has 0 saturated carbocycles. The first-order valence-electron chi connectivity index (χ1n) is 4.50. The predicted octanol–water partition coefficient (Wildman–Crippen LogP) is 0.890. The number of thiazole rings is 1. The van der Waals surface area contributed by atoms with E-state index in [1.165, 1.54) is 7.11 Å². The lowest BCUT2D eigenvalue weighted by atomic mass is 10.0. The number of nitrogens with zero attached hydrogens (tertiary/aromatic N) is 2. The molecule has 0 aromatic carbocycles. The quantitative estimate of drug-likeness (QED) is 0.698. The molecule has 0 bridgehead atoms. The maximum Gasteiger partial charge on any atom is 0.323 e. The highest BCUT2D eigenvalue weighted by atomic mass is 32.1. The van der Waals surface area contributed by atoms with Crippen molar-refractivity contribution < 1.29 is 9.53 Å². The Kier molecular flexibility index (Phi) is 2.79. The zero-order valence-electron chi connectivity index (χ0n) is 7.97. The average Bonchev–Trinajstić information content (AvgIpc) is 2.64. The van der Waals surface area contributed by atoms with E-state index in [4.69, 9.17) is 4.74 Å². The number of ether oxygens (including phenoxy) is 1. The summed E-state index contributed by atoms with van der Waals surface area (Å²) in [6.45, 7) is 1.71. The normalized spacial score (nSPS) is 21.6. The Balaban J connectivity index is 1.91. The predicted molar refractivity (Wildman–Crippen MR) is 52.9 cm³/mol. The molecule has 4 nitrogen and oxygen atoms in total. The Morgan fingerprint density at radius 2 is 2.71 bits per heavy atom. The van der Waals surface area contributed by atoms with Crippen LogP contribution in [0.3, 0.4) is 0 Å². The molecule has 5 heteroatoms. The van der Waals surface area contributed by atoms with Gasteiger partial charge < -0.3 is 4.74 Å². The molecule has 1 aromatic rings. The first-order valence-corrected chi connectivity index (χ1v) is 5.44. The van der Waals surface area contributed by atoms with Gasteiger partial charge in [0.25, 0.3) is 0 Å². The van der Waals surface area contributed by atoms with Crippen LogP contribution >= 0.6 is 11.3 Å². The van der Waals surface area contributed by atoms with Gasteiger partial charge >= 0.3 is 5.97 Å². The maximum absolute atomic E-state index is 11.3. The van der Waals surface area contributed by atoms with Crippen molar-refractivity contribution in [2.75, 3.05) is 13.7 Å². The van der Waals surface area contributed by atoms with Crippen LogP contribution in [0, 0.1) is 0 Å². The second kappa shape index (κ2) is 4.06. The van der Waals surface area contributed by atoms with Crippen LogP contribution in [0.2, 0.25) is 0 Å². The van der Waals surface area contributed by atoms with Crippen molar-refractivity contribution >= 4 is 17.3 Å². The summed E-state index contributed by atoms with van der Waals surface area (Å²) < 4.78 is 4.71. The van der Waals surface area contributed by atoms with E-state index in [1.54, 1.807) is 11.3 Å². The van der Waals surface area contributed by atoms with Gasteiger partial charge in [-0.2, -0.15) is 0 Å². The molecule has 1 aliphatic rings. The highest BCUT2D eigenvalue weighted by Gasteiger charge is 2.34. The molecular formula is C9H12N2O2S. The minimum atomic E-state index is -0.133. The third-order valence-electron chi connectivity index (χ3n) is 2.45. The van der Waals surface area contributed by atoms with E-state index in [1.807, 2.05) is 10.9 Å². The summed E-state index contributed by atoms with van der Waals surface area (Å²) in [5.74, 6) is -0.133. The molecule has 0 aliphatic carbocycles. The van der Waals surface area contributed by atoms with Crippen LogP contribution in [-0.2, 0) is 16.1 Å². The van der Waals surface area contributed by atoms with E-state index in [2.05, 4.69) is 9.88 Å². The molecule has 76 valence electrons. The number of hydrogen-bond acceptors (Lipinski definition) is 5. The van der Waals surface area contributed by atoms with Crippen molar-refractivity contribution in [3.63, 3.8) is 0 Å². The third kappa shape index (κ3) is 1.78. The molecular weight excluding hydrogens is 200 g/mol. The number of carbonyl (C=O) groups excluding carboxylic acids is 1. The van der Waals surface area contributed by atoms with Gasteiger partial charge in [-0.05, 0) is 6.42 Å². The summed E-state index contributed by atoms with van der Waals surface area (Å²) in [6.07, 6.45) is 0.900. The summed E-state index contributed by atoms with van der Waals surface area (Å²) in [4.78, 5) is 17.5. The van der Waals surface area contributed by atoms with Crippen LogP contribution in [0.5, 0.6) is 0 Å². The van der Waals surface area contributed by atoms with E-state index >= 15 is 0 Å². The Bertz CT molecular complexity index is 313. The molecule has 0 N–H and O–H groups in total. The molecule has 0 radical (unpaired) electrons. The molecule has 14 heavy (non-hydrogen) atoms. The van der Waals surface area contributed by atoms with Gasteiger partial charge in [0, 0.05) is 18.5 Å². The second-order valence-electron chi connectivity index (χ2n) is 3.28. The fourth-order valence-corrected chi connectivity index (χ4v) is 2.11. The van der Waals surface area contributed by atoms with Gasteiger partial charge in [-0.15, -0.1) is 11.3 Å². The molecule has 1 unspecified atom stereocenters. The number of likely N-dealkylation sites (tertiary alicyclic amines) is 1. The average molecular weight is 212 g/mol. The van der Waals surface area contributed by atoms with Crippen LogP contribution in [0.15, 0.2) is 10.9 Å². The number of hydrogen-bond donors (Lipinski definition) is 0. The van der Waals surface area contributed by atoms with Crippen molar-refractivity contribution in [3.05, 3.63) is 16.6 Å². The van der Waals surface area contributed by atoms with Crippen molar-refractivity contribution in [1.29, 1.82) is 0 Å². The molecule has 0 amide bonds. The Morgan fingerprint density at radius 3 is 3.21 bits per heavy atom. The number of rotatable bonds is 3. The fraction of sp³-hybridized carbons (Fsp3) is 0.556. The summed E-state index contributed by atoms with van der Waals surface area (Å²) in [5.41, 5.74) is 2.84. The number of methoxy groups -OCH3 is 1. The topological polar surface area (TPSA) is 42.4 Å². The van der Waals surface area contributed by atoms with E-state index in [-0.39, 0.29) is 12.0 Å². The van der Waals surface area contributed by atoms with Crippen molar-refractivity contribution in [2.24, 2.45) is 0 Å². The monoisotopic (exact) mass is 212 g/mol.